The molecule has 4 rings (SSSR count). The zero-order valence-corrected chi connectivity index (χ0v) is 20.8. The molecule has 0 N–H and O–H groups in total. The first kappa shape index (κ1) is 22.1. The summed E-state index contributed by atoms with van der Waals surface area (Å²) in [6.45, 7) is 7.90. The van der Waals surface area contributed by atoms with Crippen molar-refractivity contribution in [2.24, 2.45) is 14.1 Å². The molecule has 4 aromatic rings. The second-order valence-corrected chi connectivity index (χ2v) is 15.3. The molecule has 0 aliphatic heterocycles. The van der Waals surface area contributed by atoms with Gasteiger partial charge in [0.25, 0.3) is 5.56 Å². The van der Waals surface area contributed by atoms with Gasteiger partial charge in [-0.3, -0.25) is 14.0 Å². The van der Waals surface area contributed by atoms with Gasteiger partial charge in [0.1, 0.15) is 11.9 Å². The molecular formula is C21H25Cl2N5O2Si. The van der Waals surface area contributed by atoms with Gasteiger partial charge in [-0.1, -0.05) is 37.3 Å². The van der Waals surface area contributed by atoms with E-state index in [1.165, 1.54) is 4.57 Å². The molecule has 0 unspecified atom stereocenters. The smallest absolute Gasteiger partial charge is 0.264 e. The Morgan fingerprint density at radius 1 is 1.16 bits per heavy atom. The zero-order chi connectivity index (χ0) is 22.5. The minimum absolute atomic E-state index is 0.135. The Morgan fingerprint density at radius 3 is 2.61 bits per heavy atom. The number of fused-ring (bicyclic) bond motifs is 2. The molecule has 10 heteroatoms. The van der Waals surface area contributed by atoms with Gasteiger partial charge in [-0.15, -0.1) is 0 Å². The lowest BCUT2D eigenvalue weighted by Crippen LogP contribution is -2.22. The van der Waals surface area contributed by atoms with Crippen LogP contribution in [0.3, 0.4) is 0 Å². The number of aryl methyl sites for hydroxylation is 1. The van der Waals surface area contributed by atoms with Crippen molar-refractivity contribution in [3.63, 3.8) is 0 Å². The van der Waals surface area contributed by atoms with Crippen molar-refractivity contribution >= 4 is 53.2 Å². The topological polar surface area (TPSA) is 66.9 Å². The van der Waals surface area contributed by atoms with Gasteiger partial charge >= 0.3 is 0 Å². The van der Waals surface area contributed by atoms with Crippen LogP contribution in [0.5, 0.6) is 0 Å². The second-order valence-electron chi connectivity index (χ2n) is 8.95. The van der Waals surface area contributed by atoms with Crippen LogP contribution < -0.4 is 5.56 Å². The minimum Gasteiger partial charge on any atom is -0.361 e. The molecule has 0 saturated carbocycles. The average molecular weight is 478 g/mol. The number of nitrogens with zero attached hydrogens (tertiary/aromatic N) is 5. The van der Waals surface area contributed by atoms with Crippen LogP contribution in [0.4, 0.5) is 0 Å². The predicted molar refractivity (Wildman–Crippen MR) is 129 cm³/mol. The number of aromatic nitrogens is 5. The van der Waals surface area contributed by atoms with Crippen LogP contribution in [0.25, 0.3) is 33.1 Å². The first-order chi connectivity index (χ1) is 14.6. The molecule has 0 bridgehead atoms. The molecule has 0 atom stereocenters. The van der Waals surface area contributed by atoms with Crippen molar-refractivity contribution in [3.05, 3.63) is 45.2 Å². The van der Waals surface area contributed by atoms with Crippen LogP contribution in [-0.2, 0) is 25.6 Å². The highest BCUT2D eigenvalue weighted by Gasteiger charge is 2.19. The van der Waals surface area contributed by atoms with E-state index in [0.29, 0.717) is 29.5 Å². The summed E-state index contributed by atoms with van der Waals surface area (Å²) in [5.41, 5.74) is 2.71. The molecule has 7 nitrogen and oxygen atoms in total. The Balaban J connectivity index is 1.82. The van der Waals surface area contributed by atoms with E-state index < -0.39 is 8.07 Å². The third-order valence-electron chi connectivity index (χ3n) is 5.34. The van der Waals surface area contributed by atoms with E-state index in [9.17, 15) is 4.79 Å². The van der Waals surface area contributed by atoms with E-state index in [2.05, 4.69) is 29.7 Å². The second kappa shape index (κ2) is 8.09. The highest BCUT2D eigenvalue weighted by atomic mass is 35.5. The lowest BCUT2D eigenvalue weighted by atomic mass is 10.0. The molecule has 0 spiro atoms. The number of halogens is 2. The molecule has 0 saturated heterocycles. The van der Waals surface area contributed by atoms with E-state index >= 15 is 0 Å². The molecule has 0 fully saturated rings. The van der Waals surface area contributed by atoms with Gasteiger partial charge in [-0.2, -0.15) is 5.10 Å². The molecule has 0 aliphatic carbocycles. The lowest BCUT2D eigenvalue weighted by molar-refractivity contribution is 0.0899. The highest BCUT2D eigenvalue weighted by molar-refractivity contribution is 6.76. The number of ether oxygens (including phenoxy) is 1. The summed E-state index contributed by atoms with van der Waals surface area (Å²) in [6, 6.07) is 6.85. The number of rotatable bonds is 6. The van der Waals surface area contributed by atoms with Gasteiger partial charge < -0.3 is 9.30 Å². The first-order valence-electron chi connectivity index (χ1n) is 10.0. The van der Waals surface area contributed by atoms with Crippen molar-refractivity contribution in [1.82, 2.24) is 23.9 Å². The summed E-state index contributed by atoms with van der Waals surface area (Å²) in [7, 11) is 2.22. The molecule has 164 valence electrons. The normalized spacial score (nSPS) is 12.4. The molecule has 1 aromatic carbocycles. The standard InChI is InChI=1S/C21H25Cl2N5O2Si/c1-26-20(29)17-15(13-6-7-16-14(10-13)18(22)27(2)25-16)11-28(19(17)24-21(26)23)12-30-8-9-31(3,4)5/h6-7,10-11H,8-9,12H2,1-5H3. The Labute approximate surface area is 191 Å². The fraction of sp³-hybridized carbons (Fsp3) is 0.381. The molecule has 0 radical (unpaired) electrons. The SMILES string of the molecule is Cn1nc2ccc(-c3cn(COCC[Si](C)(C)C)c4nc(Cl)n(C)c(=O)c34)cc2c1Cl. The van der Waals surface area contributed by atoms with Crippen LogP contribution in [0.15, 0.2) is 29.2 Å². The van der Waals surface area contributed by atoms with E-state index in [-0.39, 0.29) is 10.8 Å². The van der Waals surface area contributed by atoms with E-state index in [0.717, 1.165) is 28.1 Å². The van der Waals surface area contributed by atoms with Gasteiger partial charge in [0.05, 0.1) is 10.9 Å². The number of hydrogen-bond acceptors (Lipinski definition) is 4. The van der Waals surface area contributed by atoms with Crippen LogP contribution in [0.1, 0.15) is 0 Å². The minimum atomic E-state index is -1.20. The number of benzene rings is 1. The Hall–Kier alpha value is -2.13. The zero-order valence-electron chi connectivity index (χ0n) is 18.2. The third-order valence-corrected chi connectivity index (χ3v) is 7.83. The molecule has 31 heavy (non-hydrogen) atoms. The van der Waals surface area contributed by atoms with Crippen LogP contribution >= 0.6 is 23.2 Å². The Morgan fingerprint density at radius 2 is 1.90 bits per heavy atom. The molecule has 3 heterocycles. The van der Waals surface area contributed by atoms with Crippen LogP contribution in [0, 0.1) is 0 Å². The molecular weight excluding hydrogens is 453 g/mol. The monoisotopic (exact) mass is 477 g/mol. The summed E-state index contributed by atoms with van der Waals surface area (Å²) in [4.78, 5) is 17.6. The Kier molecular flexibility index (Phi) is 5.76. The van der Waals surface area contributed by atoms with Crippen molar-refractivity contribution in [2.75, 3.05) is 6.61 Å². The van der Waals surface area contributed by atoms with Crippen molar-refractivity contribution in [3.8, 4) is 11.1 Å². The predicted octanol–water partition coefficient (Wildman–Crippen LogP) is 4.91. The third kappa shape index (κ3) is 4.17. The van der Waals surface area contributed by atoms with Crippen molar-refractivity contribution in [1.29, 1.82) is 0 Å². The summed E-state index contributed by atoms with van der Waals surface area (Å²) < 4.78 is 10.7. The fourth-order valence-corrected chi connectivity index (χ4v) is 4.59. The van der Waals surface area contributed by atoms with Crippen molar-refractivity contribution in [2.45, 2.75) is 32.4 Å². The van der Waals surface area contributed by atoms with E-state index in [1.54, 1.807) is 18.8 Å². The van der Waals surface area contributed by atoms with Crippen LogP contribution in [0.2, 0.25) is 36.1 Å². The van der Waals surface area contributed by atoms with Crippen LogP contribution in [-0.4, -0.2) is 38.6 Å². The fourth-order valence-electron chi connectivity index (χ4n) is 3.48. The van der Waals surface area contributed by atoms with Gasteiger partial charge in [0.15, 0.2) is 5.65 Å². The quantitative estimate of drug-likeness (QED) is 0.224. The summed E-state index contributed by atoms with van der Waals surface area (Å²) in [5.74, 6) is 0. The Bertz CT molecular complexity index is 1350. The highest BCUT2D eigenvalue weighted by Crippen LogP contribution is 2.32. The van der Waals surface area contributed by atoms with Crippen molar-refractivity contribution < 1.29 is 4.74 Å². The largest absolute Gasteiger partial charge is 0.361 e. The maximum atomic E-state index is 13.1. The van der Waals surface area contributed by atoms with Gasteiger partial charge in [-0.05, 0) is 35.3 Å². The van der Waals surface area contributed by atoms with E-state index in [1.807, 2.05) is 29.0 Å². The first-order valence-corrected chi connectivity index (χ1v) is 14.5. The molecule has 0 aliphatic rings. The summed E-state index contributed by atoms with van der Waals surface area (Å²) >= 11 is 12.6. The molecule has 3 aromatic heterocycles. The average Bonchev–Trinajstić information content (AvgIpc) is 3.20. The maximum Gasteiger partial charge on any atom is 0.264 e. The number of hydrogen-bond donors (Lipinski definition) is 0. The van der Waals surface area contributed by atoms with E-state index in [4.69, 9.17) is 27.9 Å². The maximum absolute atomic E-state index is 13.1. The lowest BCUT2D eigenvalue weighted by Gasteiger charge is -2.15. The molecule has 0 amide bonds. The van der Waals surface area contributed by atoms with Gasteiger partial charge in [0, 0.05) is 45.9 Å². The van der Waals surface area contributed by atoms with Gasteiger partial charge in [0.2, 0.25) is 5.28 Å². The summed E-state index contributed by atoms with van der Waals surface area (Å²) in [6.07, 6.45) is 1.90. The van der Waals surface area contributed by atoms with Gasteiger partial charge in [-0.25, -0.2) is 4.98 Å². The summed E-state index contributed by atoms with van der Waals surface area (Å²) in [5, 5.41) is 6.40.